The maximum absolute atomic E-state index is 11.8. The van der Waals surface area contributed by atoms with Gasteiger partial charge < -0.3 is 4.57 Å². The van der Waals surface area contributed by atoms with E-state index in [2.05, 4.69) is 4.98 Å². The van der Waals surface area contributed by atoms with Crippen molar-refractivity contribution in [1.29, 1.82) is 10.5 Å². The van der Waals surface area contributed by atoms with Crippen LogP contribution >= 0.6 is 0 Å². The first-order valence-electron chi connectivity index (χ1n) is 5.19. The number of nitriles is 2. The fourth-order valence-electron chi connectivity index (χ4n) is 1.58. The van der Waals surface area contributed by atoms with Gasteiger partial charge in [-0.3, -0.25) is 4.79 Å². The normalized spacial score (nSPS) is 9.44. The van der Waals surface area contributed by atoms with Crippen LogP contribution in [0.15, 0.2) is 41.5 Å². The molecule has 0 bridgehead atoms. The van der Waals surface area contributed by atoms with Gasteiger partial charge in [-0.05, 0) is 29.8 Å². The van der Waals surface area contributed by atoms with Crippen molar-refractivity contribution in [1.82, 2.24) is 9.55 Å². The van der Waals surface area contributed by atoms with Gasteiger partial charge in [0, 0.05) is 12.4 Å². The fourth-order valence-corrected chi connectivity index (χ4v) is 1.58. The summed E-state index contributed by atoms with van der Waals surface area (Å²) in [6, 6.07) is 10.3. The Bertz CT molecular complexity index is 719. The van der Waals surface area contributed by atoms with E-state index in [1.165, 1.54) is 16.8 Å². The number of aromatic nitrogens is 2. The summed E-state index contributed by atoms with van der Waals surface area (Å²) >= 11 is 0. The molecule has 5 nitrogen and oxygen atoms in total. The highest BCUT2D eigenvalue weighted by atomic mass is 16.1. The quantitative estimate of drug-likeness (QED) is 0.779. The molecule has 0 atom stereocenters. The Morgan fingerprint density at radius 1 is 1.28 bits per heavy atom. The van der Waals surface area contributed by atoms with Crippen LogP contribution in [0.4, 0.5) is 0 Å². The summed E-state index contributed by atoms with van der Waals surface area (Å²) in [7, 11) is 0. The monoisotopic (exact) mass is 236 g/mol. The number of hydrogen-bond donors (Lipinski definition) is 0. The molecule has 0 amide bonds. The van der Waals surface area contributed by atoms with Crippen molar-refractivity contribution in [3.05, 3.63) is 63.8 Å². The second-order valence-electron chi connectivity index (χ2n) is 3.63. The van der Waals surface area contributed by atoms with Gasteiger partial charge >= 0.3 is 0 Å². The third-order valence-electron chi connectivity index (χ3n) is 2.43. The molecular formula is C13H8N4O. The summed E-state index contributed by atoms with van der Waals surface area (Å²) in [5.41, 5.74) is 0.859. The van der Waals surface area contributed by atoms with Gasteiger partial charge in [0.05, 0.1) is 6.54 Å². The van der Waals surface area contributed by atoms with Crippen LogP contribution in [0, 0.1) is 22.7 Å². The van der Waals surface area contributed by atoms with Crippen LogP contribution in [0.3, 0.4) is 0 Å². The Balaban J connectivity index is 2.38. The highest BCUT2D eigenvalue weighted by Gasteiger charge is 2.03. The molecule has 0 aliphatic rings. The lowest BCUT2D eigenvalue weighted by Crippen LogP contribution is -2.22. The molecule has 2 aromatic heterocycles. The van der Waals surface area contributed by atoms with Crippen molar-refractivity contribution in [2.75, 3.05) is 0 Å². The van der Waals surface area contributed by atoms with Crippen LogP contribution in [0.5, 0.6) is 0 Å². The number of rotatable bonds is 2. The van der Waals surface area contributed by atoms with Crippen LogP contribution in [-0.2, 0) is 6.54 Å². The van der Waals surface area contributed by atoms with Crippen molar-refractivity contribution in [2.45, 2.75) is 6.54 Å². The average molecular weight is 236 g/mol. The molecule has 2 aromatic rings. The second-order valence-corrected chi connectivity index (χ2v) is 3.63. The molecule has 0 fully saturated rings. The van der Waals surface area contributed by atoms with Gasteiger partial charge in [0.1, 0.15) is 23.4 Å². The zero-order valence-electron chi connectivity index (χ0n) is 9.37. The summed E-state index contributed by atoms with van der Waals surface area (Å²) in [6.45, 7) is 0.311. The fraction of sp³-hybridized carbons (Fsp3) is 0.0769. The van der Waals surface area contributed by atoms with Crippen molar-refractivity contribution in [3.63, 3.8) is 0 Å². The van der Waals surface area contributed by atoms with Crippen LogP contribution in [0.25, 0.3) is 0 Å². The largest absolute Gasteiger partial charge is 0.310 e. The van der Waals surface area contributed by atoms with Crippen LogP contribution in [0.1, 0.15) is 16.8 Å². The third-order valence-corrected chi connectivity index (χ3v) is 2.43. The van der Waals surface area contributed by atoms with Crippen molar-refractivity contribution in [3.8, 4) is 12.1 Å². The molecular weight excluding hydrogens is 228 g/mol. The zero-order valence-corrected chi connectivity index (χ0v) is 9.37. The number of hydrogen-bond acceptors (Lipinski definition) is 4. The minimum absolute atomic E-state index is 0.104. The Morgan fingerprint density at radius 3 is 2.83 bits per heavy atom. The van der Waals surface area contributed by atoms with E-state index in [9.17, 15) is 4.79 Å². The Kier molecular flexibility index (Phi) is 3.17. The van der Waals surface area contributed by atoms with Gasteiger partial charge in [0.25, 0.3) is 5.56 Å². The first kappa shape index (κ1) is 11.6. The SMILES string of the molecule is N#Cc1cc(Cn2cccc(C#N)c2=O)ccn1. The van der Waals surface area contributed by atoms with Crippen molar-refractivity contribution in [2.24, 2.45) is 0 Å². The van der Waals surface area contributed by atoms with E-state index in [-0.39, 0.29) is 11.1 Å². The summed E-state index contributed by atoms with van der Waals surface area (Å²) in [5.74, 6) is 0. The molecule has 18 heavy (non-hydrogen) atoms. The predicted molar refractivity (Wildman–Crippen MR) is 63.5 cm³/mol. The van der Waals surface area contributed by atoms with Crippen LogP contribution in [-0.4, -0.2) is 9.55 Å². The van der Waals surface area contributed by atoms with Gasteiger partial charge in [0.15, 0.2) is 0 Å². The molecule has 0 N–H and O–H groups in total. The first-order chi connectivity index (χ1) is 8.74. The maximum atomic E-state index is 11.8. The third kappa shape index (κ3) is 2.26. The molecule has 0 unspecified atom stereocenters. The van der Waals surface area contributed by atoms with Crippen molar-refractivity contribution < 1.29 is 0 Å². The molecule has 86 valence electrons. The maximum Gasteiger partial charge on any atom is 0.268 e. The summed E-state index contributed by atoms with van der Waals surface area (Å²) in [6.07, 6.45) is 3.13. The summed E-state index contributed by atoms with van der Waals surface area (Å²) in [5, 5.41) is 17.5. The number of nitrogens with zero attached hydrogens (tertiary/aromatic N) is 4. The molecule has 0 radical (unpaired) electrons. The van der Waals surface area contributed by atoms with Gasteiger partial charge in [-0.1, -0.05) is 0 Å². The zero-order chi connectivity index (χ0) is 13.0. The highest BCUT2D eigenvalue weighted by Crippen LogP contribution is 2.03. The Labute approximate surface area is 103 Å². The predicted octanol–water partition coefficient (Wildman–Crippen LogP) is 1.03. The molecule has 0 aliphatic carbocycles. The smallest absolute Gasteiger partial charge is 0.268 e. The lowest BCUT2D eigenvalue weighted by molar-refractivity contribution is 0.755. The van der Waals surface area contributed by atoms with E-state index < -0.39 is 0 Å². The second kappa shape index (κ2) is 4.94. The van der Waals surface area contributed by atoms with E-state index in [0.29, 0.717) is 12.2 Å². The van der Waals surface area contributed by atoms with Gasteiger partial charge in [-0.25, -0.2) is 4.98 Å². The molecule has 2 heterocycles. The number of pyridine rings is 2. The van der Waals surface area contributed by atoms with Crippen molar-refractivity contribution >= 4 is 0 Å². The Hall–Kier alpha value is -2.92. The van der Waals surface area contributed by atoms with Crippen LogP contribution < -0.4 is 5.56 Å². The Morgan fingerprint density at radius 2 is 2.11 bits per heavy atom. The molecule has 5 heteroatoms. The standard InChI is InChI=1S/C13H8N4O/c14-7-11-2-1-5-17(13(11)18)9-10-3-4-16-12(6-10)8-15/h1-6H,9H2. The van der Waals surface area contributed by atoms with E-state index >= 15 is 0 Å². The van der Waals surface area contributed by atoms with E-state index in [0.717, 1.165) is 5.56 Å². The molecule has 0 spiro atoms. The van der Waals surface area contributed by atoms with Gasteiger partial charge in [0.2, 0.25) is 0 Å². The van der Waals surface area contributed by atoms with E-state index in [1.54, 1.807) is 24.4 Å². The molecule has 0 aliphatic heterocycles. The minimum atomic E-state index is -0.338. The highest BCUT2D eigenvalue weighted by molar-refractivity contribution is 5.28. The summed E-state index contributed by atoms with van der Waals surface area (Å²) < 4.78 is 1.43. The van der Waals surface area contributed by atoms with E-state index in [1.807, 2.05) is 12.1 Å². The molecule has 0 saturated heterocycles. The minimum Gasteiger partial charge on any atom is -0.310 e. The molecule has 2 rings (SSSR count). The lowest BCUT2D eigenvalue weighted by atomic mass is 10.2. The van der Waals surface area contributed by atoms with Gasteiger partial charge in [-0.15, -0.1) is 0 Å². The van der Waals surface area contributed by atoms with E-state index in [4.69, 9.17) is 10.5 Å². The van der Waals surface area contributed by atoms with Crippen LogP contribution in [0.2, 0.25) is 0 Å². The summed E-state index contributed by atoms with van der Waals surface area (Å²) in [4.78, 5) is 15.7. The van der Waals surface area contributed by atoms with Gasteiger partial charge in [-0.2, -0.15) is 10.5 Å². The molecule has 0 aromatic carbocycles. The lowest BCUT2D eigenvalue weighted by Gasteiger charge is -2.05. The average Bonchev–Trinajstić information content (AvgIpc) is 2.41. The molecule has 0 saturated carbocycles. The topological polar surface area (TPSA) is 82.5 Å². The first-order valence-corrected chi connectivity index (χ1v) is 5.19.